The van der Waals surface area contributed by atoms with Crippen LogP contribution < -0.4 is 10.5 Å². The van der Waals surface area contributed by atoms with Gasteiger partial charge < -0.3 is 15.4 Å². The van der Waals surface area contributed by atoms with E-state index in [0.29, 0.717) is 25.5 Å². The predicted octanol–water partition coefficient (Wildman–Crippen LogP) is 2.66. The fraction of sp³-hybridized carbons (Fsp3) is 0.533. The fourth-order valence-corrected chi connectivity index (χ4v) is 2.10. The number of ether oxygens (including phenoxy) is 1. The monoisotopic (exact) mass is 342 g/mol. The molecule has 0 saturated heterocycles. The summed E-state index contributed by atoms with van der Waals surface area (Å²) in [5.74, 6) is 1.18. The van der Waals surface area contributed by atoms with E-state index in [1.54, 1.807) is 11.9 Å². The van der Waals surface area contributed by atoms with Gasteiger partial charge in [0.1, 0.15) is 12.4 Å². The third kappa shape index (κ3) is 5.92. The number of carbonyl (C=O) groups excluding carboxylic acids is 1. The third-order valence-corrected chi connectivity index (χ3v) is 3.46. The van der Waals surface area contributed by atoms with E-state index in [4.69, 9.17) is 10.5 Å². The zero-order chi connectivity index (χ0) is 15.1. The number of carbonyl (C=O) groups is 1. The number of amides is 1. The van der Waals surface area contributed by atoms with Crippen LogP contribution in [0.1, 0.15) is 20.3 Å². The Balaban J connectivity index is 2.33. The Kier molecular flexibility index (Phi) is 7.02. The van der Waals surface area contributed by atoms with Crippen molar-refractivity contribution in [1.82, 2.24) is 4.90 Å². The summed E-state index contributed by atoms with van der Waals surface area (Å²) in [4.78, 5) is 13.6. The topological polar surface area (TPSA) is 55.6 Å². The molecule has 0 aliphatic carbocycles. The van der Waals surface area contributed by atoms with Crippen LogP contribution in [-0.4, -0.2) is 37.0 Å². The molecule has 1 amide bonds. The second kappa shape index (κ2) is 8.27. The largest absolute Gasteiger partial charge is 0.492 e. The molecule has 0 saturated carbocycles. The van der Waals surface area contributed by atoms with Gasteiger partial charge >= 0.3 is 0 Å². The minimum atomic E-state index is -0.423. The normalized spacial score (nSPS) is 12.3. The van der Waals surface area contributed by atoms with E-state index in [1.807, 2.05) is 24.3 Å². The average molecular weight is 343 g/mol. The lowest BCUT2D eigenvalue weighted by molar-refractivity contribution is -0.131. The van der Waals surface area contributed by atoms with E-state index < -0.39 is 6.04 Å². The highest BCUT2D eigenvalue weighted by molar-refractivity contribution is 9.10. The highest BCUT2D eigenvalue weighted by Gasteiger charge is 2.18. The predicted molar refractivity (Wildman–Crippen MR) is 84.7 cm³/mol. The molecule has 0 fully saturated rings. The molecule has 1 aromatic rings. The molecular weight excluding hydrogens is 320 g/mol. The summed E-state index contributed by atoms with van der Waals surface area (Å²) in [5.41, 5.74) is 5.88. The van der Waals surface area contributed by atoms with Crippen molar-refractivity contribution in [2.75, 3.05) is 20.2 Å². The second-order valence-electron chi connectivity index (χ2n) is 5.30. The minimum Gasteiger partial charge on any atom is -0.492 e. The van der Waals surface area contributed by atoms with E-state index in [9.17, 15) is 4.79 Å². The second-order valence-corrected chi connectivity index (χ2v) is 6.21. The summed E-state index contributed by atoms with van der Waals surface area (Å²) in [7, 11) is 1.76. The van der Waals surface area contributed by atoms with E-state index in [1.165, 1.54) is 0 Å². The van der Waals surface area contributed by atoms with Crippen LogP contribution in [0.2, 0.25) is 0 Å². The Hall–Kier alpha value is -1.07. The Morgan fingerprint density at radius 2 is 1.95 bits per heavy atom. The van der Waals surface area contributed by atoms with Crippen LogP contribution in [-0.2, 0) is 4.79 Å². The molecule has 0 aliphatic heterocycles. The van der Waals surface area contributed by atoms with Crippen molar-refractivity contribution in [3.05, 3.63) is 28.7 Å². The smallest absolute Gasteiger partial charge is 0.239 e. The summed E-state index contributed by atoms with van der Waals surface area (Å²) in [6.07, 6.45) is 0.705. The number of rotatable bonds is 7. The molecule has 4 nitrogen and oxygen atoms in total. The van der Waals surface area contributed by atoms with E-state index in [0.717, 1.165) is 10.2 Å². The van der Waals surface area contributed by atoms with Crippen molar-refractivity contribution in [3.63, 3.8) is 0 Å². The number of likely N-dealkylation sites (N-methyl/N-ethyl adjacent to an activating group) is 1. The first-order valence-corrected chi connectivity index (χ1v) is 7.58. The number of nitrogens with zero attached hydrogens (tertiary/aromatic N) is 1. The first-order chi connectivity index (χ1) is 9.40. The maximum absolute atomic E-state index is 12.0. The molecule has 0 radical (unpaired) electrons. The number of halogens is 1. The zero-order valence-corrected chi connectivity index (χ0v) is 13.9. The lowest BCUT2D eigenvalue weighted by Gasteiger charge is -2.22. The minimum absolute atomic E-state index is 0.0295. The van der Waals surface area contributed by atoms with Crippen LogP contribution in [0.15, 0.2) is 28.7 Å². The Labute approximate surface area is 129 Å². The van der Waals surface area contributed by atoms with E-state index >= 15 is 0 Å². The number of nitrogens with two attached hydrogens (primary N) is 1. The summed E-state index contributed by atoms with van der Waals surface area (Å²) in [6.45, 7) is 5.10. The molecule has 20 heavy (non-hydrogen) atoms. The SMILES string of the molecule is CC(C)CC(N)C(=O)N(C)CCOc1ccc(Br)cc1. The zero-order valence-electron chi connectivity index (χ0n) is 12.3. The molecule has 2 N–H and O–H groups in total. The van der Waals surface area contributed by atoms with Crippen molar-refractivity contribution in [2.24, 2.45) is 11.7 Å². The highest BCUT2D eigenvalue weighted by atomic mass is 79.9. The molecule has 1 aromatic carbocycles. The van der Waals surface area contributed by atoms with Gasteiger partial charge in [-0.1, -0.05) is 29.8 Å². The Morgan fingerprint density at radius 1 is 1.35 bits per heavy atom. The first kappa shape index (κ1) is 17.0. The number of benzene rings is 1. The van der Waals surface area contributed by atoms with Gasteiger partial charge in [0.05, 0.1) is 12.6 Å². The molecule has 5 heteroatoms. The number of hydrogen-bond acceptors (Lipinski definition) is 3. The maximum atomic E-state index is 12.0. The van der Waals surface area contributed by atoms with Gasteiger partial charge in [-0.15, -0.1) is 0 Å². The van der Waals surface area contributed by atoms with Crippen molar-refractivity contribution >= 4 is 21.8 Å². The van der Waals surface area contributed by atoms with Gasteiger partial charge in [0.15, 0.2) is 0 Å². The fourth-order valence-electron chi connectivity index (χ4n) is 1.83. The van der Waals surface area contributed by atoms with Crippen molar-refractivity contribution in [3.8, 4) is 5.75 Å². The Morgan fingerprint density at radius 3 is 2.50 bits per heavy atom. The van der Waals surface area contributed by atoms with Crippen molar-refractivity contribution < 1.29 is 9.53 Å². The molecule has 0 aromatic heterocycles. The highest BCUT2D eigenvalue weighted by Crippen LogP contribution is 2.16. The van der Waals surface area contributed by atoms with E-state index in [-0.39, 0.29) is 5.91 Å². The van der Waals surface area contributed by atoms with Gasteiger partial charge in [-0.05, 0) is 36.6 Å². The van der Waals surface area contributed by atoms with Gasteiger partial charge in [-0.25, -0.2) is 0 Å². The van der Waals surface area contributed by atoms with E-state index in [2.05, 4.69) is 29.8 Å². The first-order valence-electron chi connectivity index (χ1n) is 6.79. The summed E-state index contributed by atoms with van der Waals surface area (Å²) in [5, 5.41) is 0. The summed E-state index contributed by atoms with van der Waals surface area (Å²) >= 11 is 3.37. The van der Waals surface area contributed by atoms with Crippen molar-refractivity contribution in [1.29, 1.82) is 0 Å². The molecule has 112 valence electrons. The van der Waals surface area contributed by atoms with Gasteiger partial charge in [0, 0.05) is 11.5 Å². The van der Waals surface area contributed by atoms with Gasteiger partial charge in [-0.2, -0.15) is 0 Å². The Bertz CT molecular complexity index is 420. The molecule has 0 heterocycles. The number of hydrogen-bond donors (Lipinski definition) is 1. The molecule has 0 aliphatic rings. The molecule has 1 atom stereocenters. The molecule has 0 spiro atoms. The van der Waals surface area contributed by atoms with Crippen LogP contribution in [0.3, 0.4) is 0 Å². The lowest BCUT2D eigenvalue weighted by atomic mass is 10.0. The molecular formula is C15H23BrN2O2. The van der Waals surface area contributed by atoms with Crippen LogP contribution in [0.4, 0.5) is 0 Å². The third-order valence-electron chi connectivity index (χ3n) is 2.93. The van der Waals surface area contributed by atoms with Crippen molar-refractivity contribution in [2.45, 2.75) is 26.3 Å². The lowest BCUT2D eigenvalue weighted by Crippen LogP contribution is -2.43. The van der Waals surface area contributed by atoms with Crippen LogP contribution in [0.25, 0.3) is 0 Å². The van der Waals surface area contributed by atoms with Crippen LogP contribution >= 0.6 is 15.9 Å². The summed E-state index contributed by atoms with van der Waals surface area (Å²) in [6, 6.07) is 7.19. The maximum Gasteiger partial charge on any atom is 0.239 e. The van der Waals surface area contributed by atoms with Gasteiger partial charge in [0.2, 0.25) is 5.91 Å². The molecule has 1 rings (SSSR count). The molecule has 0 bridgehead atoms. The standard InChI is InChI=1S/C15H23BrN2O2/c1-11(2)10-14(17)15(19)18(3)8-9-20-13-6-4-12(16)5-7-13/h4-7,11,14H,8-10,17H2,1-3H3. The summed E-state index contributed by atoms with van der Waals surface area (Å²) < 4.78 is 6.60. The average Bonchev–Trinajstić information content (AvgIpc) is 2.39. The quantitative estimate of drug-likeness (QED) is 0.828. The van der Waals surface area contributed by atoms with Gasteiger partial charge in [0.25, 0.3) is 0 Å². The van der Waals surface area contributed by atoms with Crippen LogP contribution in [0.5, 0.6) is 5.75 Å². The van der Waals surface area contributed by atoms with Gasteiger partial charge in [-0.3, -0.25) is 4.79 Å². The molecule has 1 unspecified atom stereocenters. The van der Waals surface area contributed by atoms with Crippen LogP contribution in [0, 0.1) is 5.92 Å².